The second-order valence-corrected chi connectivity index (χ2v) is 5.74. The largest absolute Gasteiger partial charge is 0.497 e. The van der Waals surface area contributed by atoms with Gasteiger partial charge in [0.05, 0.1) is 7.11 Å². The molecule has 0 bridgehead atoms. The summed E-state index contributed by atoms with van der Waals surface area (Å²) in [5.74, 6) is -0.623. The minimum absolute atomic E-state index is 0.239. The molecular formula is C19H21N3O4. The molecular weight excluding hydrogens is 334 g/mol. The fourth-order valence-corrected chi connectivity index (χ4v) is 2.40. The molecule has 7 nitrogen and oxygen atoms in total. The average molecular weight is 355 g/mol. The third-order valence-corrected chi connectivity index (χ3v) is 3.69. The first-order valence-electron chi connectivity index (χ1n) is 8.00. The van der Waals surface area contributed by atoms with Crippen LogP contribution in [0.2, 0.25) is 0 Å². The van der Waals surface area contributed by atoms with Crippen LogP contribution in [0.5, 0.6) is 5.75 Å². The van der Waals surface area contributed by atoms with Gasteiger partial charge in [0.1, 0.15) is 11.8 Å². The molecule has 2 aromatic rings. The van der Waals surface area contributed by atoms with Gasteiger partial charge in [0.25, 0.3) is 5.91 Å². The van der Waals surface area contributed by atoms with Crippen molar-refractivity contribution >= 4 is 23.4 Å². The average Bonchev–Trinajstić information content (AvgIpc) is 2.61. The van der Waals surface area contributed by atoms with Crippen LogP contribution in [0.25, 0.3) is 0 Å². The van der Waals surface area contributed by atoms with Crippen molar-refractivity contribution in [2.75, 3.05) is 12.4 Å². The molecule has 0 saturated heterocycles. The molecule has 0 unspecified atom stereocenters. The van der Waals surface area contributed by atoms with Crippen molar-refractivity contribution in [3.05, 3.63) is 59.7 Å². The van der Waals surface area contributed by atoms with E-state index in [1.54, 1.807) is 49.6 Å². The van der Waals surface area contributed by atoms with Crippen LogP contribution < -0.4 is 21.1 Å². The predicted octanol–water partition coefficient (Wildman–Crippen LogP) is 1.48. The van der Waals surface area contributed by atoms with Crippen LogP contribution in [0.4, 0.5) is 5.69 Å². The summed E-state index contributed by atoms with van der Waals surface area (Å²) in [5.41, 5.74) is 7.08. The molecule has 0 spiro atoms. The van der Waals surface area contributed by atoms with E-state index in [1.807, 2.05) is 0 Å². The normalized spacial score (nSPS) is 11.3. The fourth-order valence-electron chi connectivity index (χ4n) is 2.40. The minimum Gasteiger partial charge on any atom is -0.497 e. The van der Waals surface area contributed by atoms with Crippen molar-refractivity contribution in [2.45, 2.75) is 19.4 Å². The lowest BCUT2D eigenvalue weighted by Gasteiger charge is -2.16. The molecule has 0 aliphatic carbocycles. The third kappa shape index (κ3) is 5.34. The Morgan fingerprint density at radius 3 is 2.38 bits per heavy atom. The number of amides is 3. The van der Waals surface area contributed by atoms with E-state index in [2.05, 4.69) is 10.6 Å². The second kappa shape index (κ2) is 8.66. The SMILES string of the molecule is COc1ccc(C[C@@H](NC(=O)c2cccc(NC(C)=O)c2)C(N)=O)cc1. The number of rotatable bonds is 7. The number of primary amides is 1. The second-order valence-electron chi connectivity index (χ2n) is 5.74. The van der Waals surface area contributed by atoms with E-state index in [-0.39, 0.29) is 12.3 Å². The Hall–Kier alpha value is -3.35. The molecule has 2 aromatic carbocycles. The van der Waals surface area contributed by atoms with Crippen LogP contribution in [0.15, 0.2) is 48.5 Å². The number of hydrogen-bond acceptors (Lipinski definition) is 4. The first-order valence-corrected chi connectivity index (χ1v) is 8.00. The van der Waals surface area contributed by atoms with Gasteiger partial charge >= 0.3 is 0 Å². The Labute approximate surface area is 151 Å². The first kappa shape index (κ1) is 19.0. The monoisotopic (exact) mass is 355 g/mol. The van der Waals surface area contributed by atoms with Crippen molar-refractivity contribution in [2.24, 2.45) is 5.73 Å². The summed E-state index contributed by atoms with van der Waals surface area (Å²) in [5, 5.41) is 5.24. The molecule has 3 amide bonds. The maximum absolute atomic E-state index is 12.4. The quantitative estimate of drug-likeness (QED) is 0.698. The molecule has 0 aliphatic heterocycles. The number of ether oxygens (including phenoxy) is 1. The third-order valence-electron chi connectivity index (χ3n) is 3.69. The summed E-state index contributed by atoms with van der Waals surface area (Å²) < 4.78 is 5.09. The zero-order valence-corrected chi connectivity index (χ0v) is 14.6. The van der Waals surface area contributed by atoms with Crippen molar-refractivity contribution < 1.29 is 19.1 Å². The highest BCUT2D eigenvalue weighted by atomic mass is 16.5. The lowest BCUT2D eigenvalue weighted by atomic mass is 10.0. The molecule has 0 fully saturated rings. The number of nitrogens with two attached hydrogens (primary N) is 1. The Morgan fingerprint density at radius 2 is 1.81 bits per heavy atom. The summed E-state index contributed by atoms with van der Waals surface area (Å²) in [6, 6.07) is 12.7. The first-order chi connectivity index (χ1) is 12.4. The van der Waals surface area contributed by atoms with Gasteiger partial charge in [-0.3, -0.25) is 14.4 Å². The zero-order valence-electron chi connectivity index (χ0n) is 14.6. The molecule has 26 heavy (non-hydrogen) atoms. The molecule has 136 valence electrons. The smallest absolute Gasteiger partial charge is 0.252 e. The number of methoxy groups -OCH3 is 1. The fraction of sp³-hybridized carbons (Fsp3) is 0.211. The van der Waals surface area contributed by atoms with E-state index >= 15 is 0 Å². The van der Waals surface area contributed by atoms with Gasteiger partial charge in [-0.1, -0.05) is 18.2 Å². The lowest BCUT2D eigenvalue weighted by Crippen LogP contribution is -2.45. The van der Waals surface area contributed by atoms with Gasteiger partial charge in [-0.05, 0) is 35.9 Å². The van der Waals surface area contributed by atoms with Gasteiger partial charge < -0.3 is 21.1 Å². The molecule has 0 radical (unpaired) electrons. The summed E-state index contributed by atoms with van der Waals surface area (Å²) in [7, 11) is 1.57. The van der Waals surface area contributed by atoms with E-state index in [1.165, 1.54) is 13.0 Å². The Morgan fingerprint density at radius 1 is 1.12 bits per heavy atom. The number of carbonyl (C=O) groups excluding carboxylic acids is 3. The van der Waals surface area contributed by atoms with Crippen LogP contribution in [0.3, 0.4) is 0 Å². The number of benzene rings is 2. The molecule has 0 heterocycles. The summed E-state index contributed by atoms with van der Waals surface area (Å²) in [6.45, 7) is 1.38. The van der Waals surface area contributed by atoms with Gasteiger partial charge in [-0.2, -0.15) is 0 Å². The van der Waals surface area contributed by atoms with Crippen LogP contribution in [0, 0.1) is 0 Å². The maximum atomic E-state index is 12.4. The predicted molar refractivity (Wildman–Crippen MR) is 97.9 cm³/mol. The molecule has 0 aromatic heterocycles. The van der Waals surface area contributed by atoms with Crippen LogP contribution >= 0.6 is 0 Å². The molecule has 2 rings (SSSR count). The van der Waals surface area contributed by atoms with Gasteiger partial charge in [0.2, 0.25) is 11.8 Å². The van der Waals surface area contributed by atoms with Crippen LogP contribution in [-0.4, -0.2) is 30.9 Å². The topological polar surface area (TPSA) is 111 Å². The van der Waals surface area contributed by atoms with Gasteiger partial charge in [0, 0.05) is 24.6 Å². The summed E-state index contributed by atoms with van der Waals surface area (Å²) in [6.07, 6.45) is 0.260. The van der Waals surface area contributed by atoms with Crippen molar-refractivity contribution in [1.29, 1.82) is 0 Å². The van der Waals surface area contributed by atoms with E-state index in [9.17, 15) is 14.4 Å². The number of hydrogen-bond donors (Lipinski definition) is 3. The zero-order chi connectivity index (χ0) is 19.1. The van der Waals surface area contributed by atoms with Crippen molar-refractivity contribution in [1.82, 2.24) is 5.32 Å². The Kier molecular flexibility index (Phi) is 6.32. The molecule has 4 N–H and O–H groups in total. The van der Waals surface area contributed by atoms with Crippen LogP contribution in [0.1, 0.15) is 22.8 Å². The van der Waals surface area contributed by atoms with Crippen molar-refractivity contribution in [3.63, 3.8) is 0 Å². The lowest BCUT2D eigenvalue weighted by molar-refractivity contribution is -0.119. The van der Waals surface area contributed by atoms with E-state index in [0.29, 0.717) is 17.0 Å². The maximum Gasteiger partial charge on any atom is 0.252 e. The Bertz CT molecular complexity index is 803. The van der Waals surface area contributed by atoms with Gasteiger partial charge in [-0.25, -0.2) is 0 Å². The summed E-state index contributed by atoms with van der Waals surface area (Å²) >= 11 is 0. The number of nitrogens with one attached hydrogen (secondary N) is 2. The number of anilines is 1. The number of carbonyl (C=O) groups is 3. The standard InChI is InChI=1S/C19H21N3O4/c1-12(23)21-15-5-3-4-14(11-15)19(25)22-17(18(20)24)10-13-6-8-16(26-2)9-7-13/h3-9,11,17H,10H2,1-2H3,(H2,20,24)(H,21,23)(H,22,25)/t17-/m1/s1. The van der Waals surface area contributed by atoms with Gasteiger partial charge in [-0.15, -0.1) is 0 Å². The van der Waals surface area contributed by atoms with Gasteiger partial charge in [0.15, 0.2) is 0 Å². The molecule has 0 aliphatic rings. The molecule has 7 heteroatoms. The molecule has 1 atom stereocenters. The van der Waals surface area contributed by atoms with E-state index < -0.39 is 17.9 Å². The summed E-state index contributed by atoms with van der Waals surface area (Å²) in [4.78, 5) is 35.3. The highest BCUT2D eigenvalue weighted by Gasteiger charge is 2.19. The van der Waals surface area contributed by atoms with Crippen molar-refractivity contribution in [3.8, 4) is 5.75 Å². The van der Waals surface area contributed by atoms with E-state index in [4.69, 9.17) is 10.5 Å². The molecule has 0 saturated carbocycles. The highest BCUT2D eigenvalue weighted by Crippen LogP contribution is 2.14. The minimum atomic E-state index is -0.861. The van der Waals surface area contributed by atoms with Crippen LogP contribution in [-0.2, 0) is 16.0 Å². The Balaban J connectivity index is 2.10. The van der Waals surface area contributed by atoms with E-state index in [0.717, 1.165) is 5.56 Å². The highest BCUT2D eigenvalue weighted by molar-refractivity contribution is 5.99.